The number of nitrogens with two attached hydrogens (primary N) is 1. The van der Waals surface area contributed by atoms with Gasteiger partial charge in [-0.3, -0.25) is 4.90 Å². The predicted octanol–water partition coefficient (Wildman–Crippen LogP) is 1.77. The van der Waals surface area contributed by atoms with E-state index >= 15 is 0 Å². The normalized spacial score (nSPS) is 15.1. The molecule has 0 radical (unpaired) electrons. The maximum atomic E-state index is 6.01. The van der Waals surface area contributed by atoms with Crippen LogP contribution in [0, 0.1) is 0 Å². The summed E-state index contributed by atoms with van der Waals surface area (Å²) in [6, 6.07) is 6.59. The number of nitrogens with zero attached hydrogens (tertiary/aromatic N) is 1. The van der Waals surface area contributed by atoms with Gasteiger partial charge in [-0.1, -0.05) is 6.07 Å². The van der Waals surface area contributed by atoms with E-state index in [1.807, 2.05) is 12.1 Å². The fourth-order valence-corrected chi connectivity index (χ4v) is 2.55. The summed E-state index contributed by atoms with van der Waals surface area (Å²) in [6.07, 6.45) is 0. The molecule has 1 aliphatic rings. The van der Waals surface area contributed by atoms with Gasteiger partial charge in [-0.05, 0) is 31.5 Å². The SMILES string of the molecule is COCCN(C(C)C)C(CN)c1ccc2c(c1)OCO2. The number of rotatable bonds is 7. The van der Waals surface area contributed by atoms with Crippen molar-refractivity contribution >= 4 is 0 Å². The summed E-state index contributed by atoms with van der Waals surface area (Å²) in [7, 11) is 1.72. The van der Waals surface area contributed by atoms with E-state index < -0.39 is 0 Å². The van der Waals surface area contributed by atoms with Crippen molar-refractivity contribution in [2.45, 2.75) is 25.9 Å². The van der Waals surface area contributed by atoms with Crippen LogP contribution in [0.3, 0.4) is 0 Å². The third kappa shape index (κ3) is 3.23. The zero-order valence-corrected chi connectivity index (χ0v) is 12.5. The topological polar surface area (TPSA) is 57.0 Å². The lowest BCUT2D eigenvalue weighted by Crippen LogP contribution is -2.40. The van der Waals surface area contributed by atoms with Gasteiger partial charge in [0.25, 0.3) is 0 Å². The van der Waals surface area contributed by atoms with Crippen LogP contribution < -0.4 is 15.2 Å². The fourth-order valence-electron chi connectivity index (χ4n) is 2.55. The monoisotopic (exact) mass is 280 g/mol. The number of methoxy groups -OCH3 is 1. The van der Waals surface area contributed by atoms with Crippen molar-refractivity contribution in [2.24, 2.45) is 5.73 Å². The van der Waals surface area contributed by atoms with Gasteiger partial charge in [0.2, 0.25) is 6.79 Å². The van der Waals surface area contributed by atoms with Crippen molar-refractivity contribution in [1.29, 1.82) is 0 Å². The van der Waals surface area contributed by atoms with E-state index in [1.165, 1.54) is 0 Å². The summed E-state index contributed by atoms with van der Waals surface area (Å²) < 4.78 is 16.0. The van der Waals surface area contributed by atoms with E-state index in [1.54, 1.807) is 7.11 Å². The largest absolute Gasteiger partial charge is 0.454 e. The zero-order chi connectivity index (χ0) is 14.5. The van der Waals surface area contributed by atoms with Crippen LogP contribution in [-0.4, -0.2) is 44.5 Å². The van der Waals surface area contributed by atoms with Crippen LogP contribution in [0.5, 0.6) is 11.5 Å². The average molecular weight is 280 g/mol. The van der Waals surface area contributed by atoms with Gasteiger partial charge in [0.15, 0.2) is 11.5 Å². The minimum atomic E-state index is 0.152. The van der Waals surface area contributed by atoms with Gasteiger partial charge in [-0.25, -0.2) is 0 Å². The Bertz CT molecular complexity index is 437. The van der Waals surface area contributed by atoms with E-state index in [-0.39, 0.29) is 6.04 Å². The summed E-state index contributed by atoms with van der Waals surface area (Å²) in [5.41, 5.74) is 7.16. The van der Waals surface area contributed by atoms with Crippen LogP contribution in [0.2, 0.25) is 0 Å². The highest BCUT2D eigenvalue weighted by Crippen LogP contribution is 2.35. The van der Waals surface area contributed by atoms with Crippen LogP contribution in [0.25, 0.3) is 0 Å². The first-order valence-corrected chi connectivity index (χ1v) is 7.01. The Kier molecular flexibility index (Phi) is 5.23. The summed E-state index contributed by atoms with van der Waals surface area (Å²) in [4.78, 5) is 2.35. The van der Waals surface area contributed by atoms with Gasteiger partial charge >= 0.3 is 0 Å². The Morgan fingerprint density at radius 3 is 2.70 bits per heavy atom. The number of fused-ring (bicyclic) bond motifs is 1. The third-order valence-electron chi connectivity index (χ3n) is 3.62. The molecule has 2 N–H and O–H groups in total. The Morgan fingerprint density at radius 2 is 2.05 bits per heavy atom. The van der Waals surface area contributed by atoms with E-state index in [0.29, 0.717) is 26.0 Å². The third-order valence-corrected chi connectivity index (χ3v) is 3.62. The number of hydrogen-bond acceptors (Lipinski definition) is 5. The summed E-state index contributed by atoms with van der Waals surface area (Å²) in [5.74, 6) is 1.61. The van der Waals surface area contributed by atoms with Gasteiger partial charge in [0.1, 0.15) is 0 Å². The summed E-state index contributed by atoms with van der Waals surface area (Å²) in [5, 5.41) is 0. The number of hydrogen-bond donors (Lipinski definition) is 1. The Morgan fingerprint density at radius 1 is 1.30 bits per heavy atom. The smallest absolute Gasteiger partial charge is 0.231 e. The molecular weight excluding hydrogens is 256 g/mol. The van der Waals surface area contributed by atoms with E-state index in [2.05, 4.69) is 24.8 Å². The Labute approximate surface area is 120 Å². The molecule has 5 nitrogen and oxygen atoms in total. The first-order chi connectivity index (χ1) is 9.67. The van der Waals surface area contributed by atoms with Crippen LogP contribution in [0.15, 0.2) is 18.2 Å². The highest BCUT2D eigenvalue weighted by Gasteiger charge is 2.23. The lowest BCUT2D eigenvalue weighted by atomic mass is 10.0. The molecule has 0 spiro atoms. The Hall–Kier alpha value is -1.30. The lowest BCUT2D eigenvalue weighted by Gasteiger charge is -2.34. The molecule has 0 saturated heterocycles. The number of benzene rings is 1. The van der Waals surface area contributed by atoms with Crippen LogP contribution in [0.4, 0.5) is 0 Å². The molecule has 0 saturated carbocycles. The van der Waals surface area contributed by atoms with Crippen LogP contribution >= 0.6 is 0 Å². The fraction of sp³-hybridized carbons (Fsp3) is 0.600. The minimum Gasteiger partial charge on any atom is -0.454 e. The second-order valence-corrected chi connectivity index (χ2v) is 5.19. The molecule has 1 aliphatic heterocycles. The molecule has 1 unspecified atom stereocenters. The maximum Gasteiger partial charge on any atom is 0.231 e. The van der Waals surface area contributed by atoms with E-state index in [4.69, 9.17) is 19.9 Å². The lowest BCUT2D eigenvalue weighted by molar-refractivity contribution is 0.0978. The maximum absolute atomic E-state index is 6.01. The summed E-state index contributed by atoms with van der Waals surface area (Å²) >= 11 is 0. The van der Waals surface area contributed by atoms with Crippen molar-refractivity contribution in [3.05, 3.63) is 23.8 Å². The van der Waals surface area contributed by atoms with Gasteiger partial charge < -0.3 is 19.9 Å². The molecule has 0 amide bonds. The van der Waals surface area contributed by atoms with Crippen molar-refractivity contribution in [3.8, 4) is 11.5 Å². The average Bonchev–Trinajstić information content (AvgIpc) is 2.90. The molecule has 112 valence electrons. The first kappa shape index (κ1) is 15.1. The molecule has 0 aromatic heterocycles. The Balaban J connectivity index is 2.20. The van der Waals surface area contributed by atoms with Crippen molar-refractivity contribution in [3.63, 3.8) is 0 Å². The molecule has 0 aliphatic carbocycles. The first-order valence-electron chi connectivity index (χ1n) is 7.01. The van der Waals surface area contributed by atoms with Gasteiger partial charge in [0, 0.05) is 32.3 Å². The minimum absolute atomic E-state index is 0.152. The van der Waals surface area contributed by atoms with Crippen LogP contribution in [0.1, 0.15) is 25.5 Å². The molecule has 0 bridgehead atoms. The van der Waals surface area contributed by atoms with E-state index in [0.717, 1.165) is 23.6 Å². The van der Waals surface area contributed by atoms with Gasteiger partial charge in [0.05, 0.1) is 6.61 Å². The predicted molar refractivity (Wildman–Crippen MR) is 78.1 cm³/mol. The molecular formula is C15H24N2O3. The number of ether oxygens (including phenoxy) is 3. The second kappa shape index (κ2) is 6.92. The van der Waals surface area contributed by atoms with E-state index in [9.17, 15) is 0 Å². The van der Waals surface area contributed by atoms with Crippen molar-refractivity contribution in [1.82, 2.24) is 4.90 Å². The molecule has 1 atom stereocenters. The molecule has 1 heterocycles. The van der Waals surface area contributed by atoms with Crippen molar-refractivity contribution in [2.75, 3.05) is 33.6 Å². The molecule has 5 heteroatoms. The molecule has 0 fully saturated rings. The standard InChI is InChI=1S/C15H24N2O3/c1-11(2)17(6-7-18-3)13(9-16)12-4-5-14-15(8-12)20-10-19-14/h4-5,8,11,13H,6-7,9-10,16H2,1-3H3. The highest BCUT2D eigenvalue weighted by atomic mass is 16.7. The summed E-state index contributed by atoms with van der Waals surface area (Å²) in [6.45, 7) is 6.74. The van der Waals surface area contributed by atoms with Crippen molar-refractivity contribution < 1.29 is 14.2 Å². The highest BCUT2D eigenvalue weighted by molar-refractivity contribution is 5.45. The molecule has 2 rings (SSSR count). The quantitative estimate of drug-likeness (QED) is 0.825. The molecule has 1 aromatic rings. The zero-order valence-electron chi connectivity index (χ0n) is 12.5. The second-order valence-electron chi connectivity index (χ2n) is 5.19. The molecule has 20 heavy (non-hydrogen) atoms. The van der Waals surface area contributed by atoms with Gasteiger partial charge in [-0.2, -0.15) is 0 Å². The van der Waals surface area contributed by atoms with Gasteiger partial charge in [-0.15, -0.1) is 0 Å². The molecule has 1 aromatic carbocycles. The van der Waals surface area contributed by atoms with Crippen LogP contribution in [-0.2, 0) is 4.74 Å².